The van der Waals surface area contributed by atoms with Crippen LogP contribution in [-0.4, -0.2) is 11.5 Å². The van der Waals surface area contributed by atoms with E-state index in [2.05, 4.69) is 0 Å². The molecule has 0 saturated carbocycles. The molecule has 0 aliphatic heterocycles. The van der Waals surface area contributed by atoms with Gasteiger partial charge in [0.1, 0.15) is 0 Å². The van der Waals surface area contributed by atoms with E-state index in [-0.39, 0.29) is 5.78 Å². The maximum Gasteiger partial charge on any atom is 0.173 e. The quantitative estimate of drug-likeness (QED) is 0.629. The van der Waals surface area contributed by atoms with Crippen molar-refractivity contribution in [2.75, 3.05) is 0 Å². The lowest BCUT2D eigenvalue weighted by Gasteiger charge is -1.95. The first-order valence-electron chi connectivity index (χ1n) is 5.22. The molecule has 2 aromatic rings. The van der Waals surface area contributed by atoms with Gasteiger partial charge in [-0.2, -0.15) is 0 Å². The highest BCUT2D eigenvalue weighted by Crippen LogP contribution is 2.26. The zero-order valence-corrected chi connectivity index (χ0v) is 9.93. The number of thiophene rings is 1. The molecule has 0 radical (unpaired) electrons. The van der Waals surface area contributed by atoms with Crippen LogP contribution in [0, 0.1) is 5.41 Å². The maximum absolute atomic E-state index is 11.8. The summed E-state index contributed by atoms with van der Waals surface area (Å²) in [7, 11) is 0. The van der Waals surface area contributed by atoms with Crippen molar-refractivity contribution in [3.05, 3.63) is 35.2 Å². The number of Topliss-reactive ketones (excluding diaryl/α,β-unsaturated/α-hetero) is 1. The van der Waals surface area contributed by atoms with E-state index in [1.165, 1.54) is 11.3 Å². The second kappa shape index (κ2) is 4.58. The smallest absolute Gasteiger partial charge is 0.173 e. The molecule has 0 aliphatic rings. The molecule has 1 aromatic heterocycles. The average Bonchev–Trinajstić information content (AvgIpc) is 2.69. The van der Waals surface area contributed by atoms with Gasteiger partial charge in [0, 0.05) is 16.8 Å². The van der Waals surface area contributed by atoms with Crippen LogP contribution in [0.3, 0.4) is 0 Å². The lowest BCUT2D eigenvalue weighted by Crippen LogP contribution is -1.99. The highest BCUT2D eigenvalue weighted by atomic mass is 32.1. The molecule has 0 unspecified atom stereocenters. The van der Waals surface area contributed by atoms with Gasteiger partial charge in [0.15, 0.2) is 5.78 Å². The summed E-state index contributed by atoms with van der Waals surface area (Å²) in [6.07, 6.45) is 1.01. The molecule has 1 N–H and O–H groups in total. The zero-order valence-electron chi connectivity index (χ0n) is 9.12. The molecule has 2 nitrogen and oxygen atoms in total. The van der Waals surface area contributed by atoms with Gasteiger partial charge in [0.05, 0.1) is 4.88 Å². The third-order valence-electron chi connectivity index (χ3n) is 2.43. The third-order valence-corrected chi connectivity index (χ3v) is 3.58. The van der Waals surface area contributed by atoms with Crippen LogP contribution in [0.5, 0.6) is 0 Å². The van der Waals surface area contributed by atoms with Crippen LogP contribution in [0.25, 0.3) is 10.1 Å². The van der Waals surface area contributed by atoms with E-state index in [0.29, 0.717) is 18.6 Å². The summed E-state index contributed by atoms with van der Waals surface area (Å²) in [5.74, 6) is 0.146. The molecule has 82 valence electrons. The summed E-state index contributed by atoms with van der Waals surface area (Å²) in [5.41, 5.74) is 0.564. The van der Waals surface area contributed by atoms with Crippen LogP contribution in [0.15, 0.2) is 30.3 Å². The summed E-state index contributed by atoms with van der Waals surface area (Å²) in [6.45, 7) is 1.73. The van der Waals surface area contributed by atoms with E-state index >= 15 is 0 Å². The van der Waals surface area contributed by atoms with E-state index in [0.717, 1.165) is 15.0 Å². The van der Waals surface area contributed by atoms with Crippen LogP contribution in [0.2, 0.25) is 0 Å². The topological polar surface area (TPSA) is 40.9 Å². The second-order valence-electron chi connectivity index (χ2n) is 3.85. The monoisotopic (exact) mass is 231 g/mol. The highest BCUT2D eigenvalue weighted by Gasteiger charge is 2.09. The highest BCUT2D eigenvalue weighted by molar-refractivity contribution is 7.20. The Balaban J connectivity index is 2.20. The molecule has 0 saturated heterocycles. The molecular formula is C13H13NOS. The van der Waals surface area contributed by atoms with Crippen molar-refractivity contribution >= 4 is 32.9 Å². The molecule has 16 heavy (non-hydrogen) atoms. The predicted molar refractivity (Wildman–Crippen MR) is 68.8 cm³/mol. The normalized spacial score (nSPS) is 10.6. The number of rotatable bonds is 4. The zero-order chi connectivity index (χ0) is 11.5. The molecule has 0 spiro atoms. The van der Waals surface area contributed by atoms with Crippen molar-refractivity contribution in [2.45, 2.75) is 19.8 Å². The Morgan fingerprint density at radius 2 is 2.06 bits per heavy atom. The molecule has 0 aliphatic carbocycles. The van der Waals surface area contributed by atoms with Crippen molar-refractivity contribution < 1.29 is 4.79 Å². The summed E-state index contributed by atoms with van der Waals surface area (Å²) >= 11 is 1.54. The minimum atomic E-state index is 0.146. The van der Waals surface area contributed by atoms with Gasteiger partial charge in [0.2, 0.25) is 0 Å². The summed E-state index contributed by atoms with van der Waals surface area (Å²) in [5, 5.41) is 8.44. The van der Waals surface area contributed by atoms with E-state index in [1.807, 2.05) is 30.3 Å². The van der Waals surface area contributed by atoms with Crippen LogP contribution >= 0.6 is 11.3 Å². The summed E-state index contributed by atoms with van der Waals surface area (Å²) < 4.78 is 1.15. The number of ketones is 1. The van der Waals surface area contributed by atoms with Gasteiger partial charge in [0.25, 0.3) is 0 Å². The fraction of sp³-hybridized carbons (Fsp3) is 0.231. The molecule has 0 atom stereocenters. The Bertz CT molecular complexity index is 509. The van der Waals surface area contributed by atoms with Gasteiger partial charge in [-0.1, -0.05) is 18.2 Å². The molecule has 1 heterocycles. The van der Waals surface area contributed by atoms with Crippen molar-refractivity contribution in [3.8, 4) is 0 Å². The maximum atomic E-state index is 11.8. The molecule has 0 amide bonds. The van der Waals surface area contributed by atoms with E-state index in [4.69, 9.17) is 5.41 Å². The van der Waals surface area contributed by atoms with Gasteiger partial charge in [-0.15, -0.1) is 11.3 Å². The Labute approximate surface area is 98.4 Å². The number of hydrogen-bond acceptors (Lipinski definition) is 3. The van der Waals surface area contributed by atoms with E-state index in [1.54, 1.807) is 6.92 Å². The fourth-order valence-corrected chi connectivity index (χ4v) is 2.57. The van der Waals surface area contributed by atoms with Gasteiger partial charge in [-0.25, -0.2) is 0 Å². The first-order chi connectivity index (χ1) is 7.66. The lowest BCUT2D eigenvalue weighted by molar-refractivity contribution is 0.0988. The first-order valence-corrected chi connectivity index (χ1v) is 6.04. The molecular weight excluding hydrogens is 218 g/mol. The Hall–Kier alpha value is -1.48. The SMILES string of the molecule is CC(=N)CCC(=O)c1cc2ccccc2s1. The molecule has 0 bridgehead atoms. The van der Waals surface area contributed by atoms with Crippen LogP contribution in [-0.2, 0) is 0 Å². The number of nitrogens with one attached hydrogen (secondary N) is 1. The second-order valence-corrected chi connectivity index (χ2v) is 4.94. The van der Waals surface area contributed by atoms with E-state index < -0.39 is 0 Å². The van der Waals surface area contributed by atoms with Crippen molar-refractivity contribution in [1.29, 1.82) is 5.41 Å². The number of fused-ring (bicyclic) bond motifs is 1. The molecule has 1 aromatic carbocycles. The van der Waals surface area contributed by atoms with E-state index in [9.17, 15) is 4.79 Å². The predicted octanol–water partition coefficient (Wildman–Crippen LogP) is 3.90. The van der Waals surface area contributed by atoms with Crippen molar-refractivity contribution in [3.63, 3.8) is 0 Å². The van der Waals surface area contributed by atoms with Gasteiger partial charge < -0.3 is 5.41 Å². The van der Waals surface area contributed by atoms with Crippen LogP contribution in [0.4, 0.5) is 0 Å². The third kappa shape index (κ3) is 2.36. The van der Waals surface area contributed by atoms with Crippen molar-refractivity contribution in [2.24, 2.45) is 0 Å². The minimum Gasteiger partial charge on any atom is -0.310 e. The number of hydrogen-bond donors (Lipinski definition) is 1. The first kappa shape index (κ1) is 11.0. The van der Waals surface area contributed by atoms with Crippen LogP contribution in [0.1, 0.15) is 29.4 Å². The lowest BCUT2D eigenvalue weighted by atomic mass is 10.1. The summed E-state index contributed by atoms with van der Waals surface area (Å²) in [4.78, 5) is 12.6. The van der Waals surface area contributed by atoms with Gasteiger partial charge >= 0.3 is 0 Å². The van der Waals surface area contributed by atoms with Crippen LogP contribution < -0.4 is 0 Å². The number of carbonyl (C=O) groups excluding carboxylic acids is 1. The van der Waals surface area contributed by atoms with Crippen molar-refractivity contribution in [1.82, 2.24) is 0 Å². The average molecular weight is 231 g/mol. The Kier molecular flexibility index (Phi) is 3.15. The standard InChI is InChI=1S/C13H13NOS/c1-9(14)6-7-11(15)13-8-10-4-2-3-5-12(10)16-13/h2-5,8,14H,6-7H2,1H3. The number of benzene rings is 1. The molecule has 2 rings (SSSR count). The Morgan fingerprint density at radius 1 is 1.31 bits per heavy atom. The Morgan fingerprint density at radius 3 is 2.75 bits per heavy atom. The largest absolute Gasteiger partial charge is 0.310 e. The van der Waals surface area contributed by atoms with Gasteiger partial charge in [-0.05, 0) is 30.9 Å². The molecule has 0 fully saturated rings. The van der Waals surface area contributed by atoms with Gasteiger partial charge in [-0.3, -0.25) is 4.79 Å². The molecule has 3 heteroatoms. The number of carbonyl (C=O) groups is 1. The fourth-order valence-electron chi connectivity index (χ4n) is 1.54. The minimum absolute atomic E-state index is 0.146. The summed E-state index contributed by atoms with van der Waals surface area (Å²) in [6, 6.07) is 9.95.